The lowest BCUT2D eigenvalue weighted by molar-refractivity contribution is -0.121. The fraction of sp³-hybridized carbons (Fsp3) is 0.667. The molecular weight excluding hydrogens is 318 g/mol. The average Bonchev–Trinajstić information content (AvgIpc) is 2.59. The van der Waals surface area contributed by atoms with Crippen molar-refractivity contribution in [2.45, 2.75) is 90.5 Å². The molecule has 24 heavy (non-hydrogen) atoms. The third-order valence-corrected chi connectivity index (χ3v) is 4.66. The molecule has 1 amide bonds. The van der Waals surface area contributed by atoms with Gasteiger partial charge in [-0.05, 0) is 24.1 Å². The molecule has 0 aliphatic rings. The zero-order chi connectivity index (χ0) is 17.5. The normalized spacial score (nSPS) is 10.8. The van der Waals surface area contributed by atoms with Gasteiger partial charge in [-0.15, -0.1) is 0 Å². The first kappa shape index (κ1) is 21.0. The molecule has 136 valence electrons. The highest BCUT2D eigenvalue weighted by Gasteiger charge is 2.01. The van der Waals surface area contributed by atoms with E-state index in [4.69, 9.17) is 11.6 Å². The lowest BCUT2D eigenvalue weighted by Gasteiger charge is -2.06. The summed E-state index contributed by atoms with van der Waals surface area (Å²) in [6, 6.07) is 7.61. The Kier molecular flexibility index (Phi) is 12.6. The summed E-state index contributed by atoms with van der Waals surface area (Å²) in [5, 5.41) is 3.70. The first-order valence-corrected chi connectivity index (χ1v) is 10.1. The van der Waals surface area contributed by atoms with Gasteiger partial charge in [0, 0.05) is 18.0 Å². The zero-order valence-corrected chi connectivity index (χ0v) is 16.0. The maximum atomic E-state index is 11.8. The minimum Gasteiger partial charge on any atom is -0.352 e. The van der Waals surface area contributed by atoms with E-state index in [1.54, 1.807) is 0 Å². The van der Waals surface area contributed by atoms with E-state index in [2.05, 4.69) is 12.2 Å². The van der Waals surface area contributed by atoms with Crippen LogP contribution in [0.15, 0.2) is 24.3 Å². The van der Waals surface area contributed by atoms with E-state index in [0.717, 1.165) is 17.0 Å². The van der Waals surface area contributed by atoms with Crippen LogP contribution in [0.3, 0.4) is 0 Å². The van der Waals surface area contributed by atoms with Crippen molar-refractivity contribution in [3.63, 3.8) is 0 Å². The summed E-state index contributed by atoms with van der Waals surface area (Å²) in [6.45, 7) is 2.85. The number of hydrogen-bond acceptors (Lipinski definition) is 1. The number of benzene rings is 1. The lowest BCUT2D eigenvalue weighted by atomic mass is 10.1. The second-order valence-electron chi connectivity index (χ2n) is 6.69. The van der Waals surface area contributed by atoms with Gasteiger partial charge in [0.05, 0.1) is 0 Å². The van der Waals surface area contributed by atoms with Gasteiger partial charge in [-0.2, -0.15) is 0 Å². The van der Waals surface area contributed by atoms with Crippen LogP contribution in [0, 0.1) is 0 Å². The maximum absolute atomic E-state index is 11.8. The quantitative estimate of drug-likeness (QED) is 0.373. The summed E-state index contributed by atoms with van der Waals surface area (Å²) in [5.74, 6) is 0.154. The Morgan fingerprint density at radius 3 is 1.88 bits per heavy atom. The minimum absolute atomic E-state index is 0.154. The fourth-order valence-corrected chi connectivity index (χ4v) is 2.97. The van der Waals surface area contributed by atoms with Gasteiger partial charge in [-0.25, -0.2) is 0 Å². The Hall–Kier alpha value is -1.02. The number of amides is 1. The van der Waals surface area contributed by atoms with Crippen LogP contribution in [0.2, 0.25) is 5.02 Å². The Morgan fingerprint density at radius 1 is 0.833 bits per heavy atom. The summed E-state index contributed by atoms with van der Waals surface area (Å²) in [7, 11) is 0. The predicted molar refractivity (Wildman–Crippen MR) is 104 cm³/mol. The van der Waals surface area contributed by atoms with Crippen molar-refractivity contribution < 1.29 is 4.79 Å². The third-order valence-electron chi connectivity index (χ3n) is 4.41. The van der Waals surface area contributed by atoms with Crippen LogP contribution >= 0.6 is 11.6 Å². The number of carbonyl (C=O) groups is 1. The van der Waals surface area contributed by atoms with Crippen LogP contribution in [0.5, 0.6) is 0 Å². The number of nitrogens with one attached hydrogen (secondary N) is 1. The van der Waals surface area contributed by atoms with Crippen LogP contribution in [-0.2, 0) is 11.3 Å². The Balaban J connectivity index is 1.88. The van der Waals surface area contributed by atoms with Crippen molar-refractivity contribution in [3.8, 4) is 0 Å². The molecule has 0 radical (unpaired) electrons. The predicted octanol–water partition coefficient (Wildman–Crippen LogP) is 6.66. The number of unbranched alkanes of at least 4 members (excludes halogenated alkanes) is 10. The minimum atomic E-state index is 0.154. The molecule has 0 aromatic heterocycles. The van der Waals surface area contributed by atoms with Crippen LogP contribution in [0.4, 0.5) is 0 Å². The summed E-state index contributed by atoms with van der Waals surface area (Å²) in [6.07, 6.45) is 15.1. The number of carbonyl (C=O) groups excluding carboxylic acids is 1. The topological polar surface area (TPSA) is 29.1 Å². The highest BCUT2D eigenvalue weighted by Crippen LogP contribution is 2.12. The largest absolute Gasteiger partial charge is 0.352 e. The number of rotatable bonds is 14. The van der Waals surface area contributed by atoms with Crippen LogP contribution in [-0.4, -0.2) is 5.91 Å². The SMILES string of the molecule is CCCCCCCCCCCCCC(=O)NCc1ccc(Cl)cc1. The van der Waals surface area contributed by atoms with Gasteiger partial charge < -0.3 is 5.32 Å². The molecule has 3 heteroatoms. The van der Waals surface area contributed by atoms with Gasteiger partial charge in [0.15, 0.2) is 0 Å². The van der Waals surface area contributed by atoms with Crippen LogP contribution in [0.25, 0.3) is 0 Å². The molecule has 1 rings (SSSR count). The van der Waals surface area contributed by atoms with Crippen molar-refractivity contribution in [3.05, 3.63) is 34.9 Å². The first-order chi connectivity index (χ1) is 11.7. The van der Waals surface area contributed by atoms with Gasteiger partial charge in [-0.1, -0.05) is 94.9 Å². The highest BCUT2D eigenvalue weighted by atomic mass is 35.5. The second-order valence-corrected chi connectivity index (χ2v) is 7.13. The second kappa shape index (κ2) is 14.3. The van der Waals surface area contributed by atoms with E-state index < -0.39 is 0 Å². The van der Waals surface area contributed by atoms with Gasteiger partial charge in [0.1, 0.15) is 0 Å². The molecule has 2 nitrogen and oxygen atoms in total. The Morgan fingerprint density at radius 2 is 1.33 bits per heavy atom. The molecule has 1 aromatic carbocycles. The highest BCUT2D eigenvalue weighted by molar-refractivity contribution is 6.30. The van der Waals surface area contributed by atoms with E-state index in [0.29, 0.717) is 13.0 Å². The Labute approximate surface area is 153 Å². The summed E-state index contributed by atoms with van der Waals surface area (Å²) < 4.78 is 0. The van der Waals surface area contributed by atoms with Gasteiger partial charge >= 0.3 is 0 Å². The van der Waals surface area contributed by atoms with E-state index >= 15 is 0 Å². The molecule has 0 aliphatic carbocycles. The molecule has 0 saturated heterocycles. The standard InChI is InChI=1S/C21H34ClNO/c1-2-3-4-5-6-7-8-9-10-11-12-13-21(24)23-18-19-14-16-20(22)17-15-19/h14-17H,2-13,18H2,1H3,(H,23,24). The van der Waals surface area contributed by atoms with Crippen molar-refractivity contribution in [2.24, 2.45) is 0 Å². The smallest absolute Gasteiger partial charge is 0.220 e. The van der Waals surface area contributed by atoms with Gasteiger partial charge in [0.2, 0.25) is 5.91 Å². The van der Waals surface area contributed by atoms with E-state index in [9.17, 15) is 4.79 Å². The van der Waals surface area contributed by atoms with Crippen molar-refractivity contribution in [1.29, 1.82) is 0 Å². The molecule has 0 aliphatic heterocycles. The Bertz CT molecular complexity index is 430. The first-order valence-electron chi connectivity index (χ1n) is 9.73. The van der Waals surface area contributed by atoms with E-state index in [1.165, 1.54) is 64.2 Å². The van der Waals surface area contributed by atoms with Gasteiger partial charge in [0.25, 0.3) is 0 Å². The monoisotopic (exact) mass is 351 g/mol. The molecule has 0 spiro atoms. The molecule has 1 aromatic rings. The summed E-state index contributed by atoms with van der Waals surface area (Å²) >= 11 is 5.85. The molecule has 0 unspecified atom stereocenters. The van der Waals surface area contributed by atoms with Crippen molar-refractivity contribution in [2.75, 3.05) is 0 Å². The van der Waals surface area contributed by atoms with E-state index in [1.807, 2.05) is 24.3 Å². The van der Waals surface area contributed by atoms with Gasteiger partial charge in [-0.3, -0.25) is 4.79 Å². The fourth-order valence-electron chi connectivity index (χ4n) is 2.84. The average molecular weight is 352 g/mol. The zero-order valence-electron chi connectivity index (χ0n) is 15.3. The molecule has 0 heterocycles. The molecule has 0 saturated carbocycles. The third kappa shape index (κ3) is 11.5. The maximum Gasteiger partial charge on any atom is 0.220 e. The van der Waals surface area contributed by atoms with Crippen LogP contribution in [0.1, 0.15) is 89.5 Å². The van der Waals surface area contributed by atoms with Crippen molar-refractivity contribution in [1.82, 2.24) is 5.32 Å². The summed E-state index contributed by atoms with van der Waals surface area (Å²) in [4.78, 5) is 11.8. The molecule has 0 bridgehead atoms. The lowest BCUT2D eigenvalue weighted by Crippen LogP contribution is -2.22. The molecular formula is C21H34ClNO. The molecule has 0 atom stereocenters. The van der Waals surface area contributed by atoms with Crippen molar-refractivity contribution >= 4 is 17.5 Å². The van der Waals surface area contributed by atoms with E-state index in [-0.39, 0.29) is 5.91 Å². The molecule has 0 fully saturated rings. The summed E-state index contributed by atoms with van der Waals surface area (Å²) in [5.41, 5.74) is 1.09. The van der Waals surface area contributed by atoms with Crippen LogP contribution < -0.4 is 5.32 Å². The number of halogens is 1. The molecule has 1 N–H and O–H groups in total. The number of hydrogen-bond donors (Lipinski definition) is 1.